The van der Waals surface area contributed by atoms with Gasteiger partial charge in [-0.25, -0.2) is 27.7 Å². The molecular weight excluding hydrogens is 495 g/mol. The van der Waals surface area contributed by atoms with Crippen molar-refractivity contribution in [1.82, 2.24) is 15.1 Å². The molecule has 0 bridgehead atoms. The molecule has 0 unspecified atom stereocenters. The SMILES string of the molecule is Cl.O=C(N[C@@H]1CCN([C@H]2CC[C@H](c3ccccc3F)CC2)C1)N1C(=O)OC[C@@H]1c1ccc(F)c(F)c1. The van der Waals surface area contributed by atoms with E-state index in [-0.39, 0.29) is 36.8 Å². The number of hydrogen-bond donors (Lipinski definition) is 1. The number of amides is 3. The highest BCUT2D eigenvalue weighted by Gasteiger charge is 2.41. The number of nitrogens with one attached hydrogen (secondary N) is 1. The average Bonchev–Trinajstić information content (AvgIpc) is 3.48. The molecule has 2 aromatic rings. The molecule has 10 heteroatoms. The Morgan fingerprint density at radius 3 is 2.42 bits per heavy atom. The number of ether oxygens (including phenoxy) is 1. The number of nitrogens with zero attached hydrogens (tertiary/aromatic N) is 2. The van der Waals surface area contributed by atoms with Crippen LogP contribution in [0.3, 0.4) is 0 Å². The van der Waals surface area contributed by atoms with Crippen LogP contribution in [0.1, 0.15) is 55.2 Å². The lowest BCUT2D eigenvalue weighted by molar-refractivity contribution is 0.155. The second-order valence-electron chi connectivity index (χ2n) is 9.59. The highest BCUT2D eigenvalue weighted by molar-refractivity contribution is 5.92. The lowest BCUT2D eigenvalue weighted by Gasteiger charge is -2.35. The summed E-state index contributed by atoms with van der Waals surface area (Å²) in [5.41, 5.74) is 1.09. The van der Waals surface area contributed by atoms with E-state index in [0.29, 0.717) is 18.2 Å². The van der Waals surface area contributed by atoms with Crippen LogP contribution < -0.4 is 5.32 Å². The second kappa shape index (κ2) is 11.1. The minimum absolute atomic E-state index is 0. The summed E-state index contributed by atoms with van der Waals surface area (Å²) in [6, 6.07) is 9.12. The van der Waals surface area contributed by atoms with Crippen LogP contribution in [0.25, 0.3) is 0 Å². The molecule has 2 aromatic carbocycles. The van der Waals surface area contributed by atoms with Gasteiger partial charge in [0.05, 0.1) is 0 Å². The molecule has 2 heterocycles. The van der Waals surface area contributed by atoms with E-state index in [9.17, 15) is 22.8 Å². The van der Waals surface area contributed by atoms with Crippen LogP contribution in [0.15, 0.2) is 42.5 Å². The van der Waals surface area contributed by atoms with Crippen LogP contribution in [-0.2, 0) is 4.74 Å². The van der Waals surface area contributed by atoms with Crippen LogP contribution in [-0.4, -0.2) is 53.7 Å². The molecule has 3 amide bonds. The van der Waals surface area contributed by atoms with Crippen molar-refractivity contribution in [2.45, 2.75) is 56.1 Å². The largest absolute Gasteiger partial charge is 0.446 e. The number of hydrogen-bond acceptors (Lipinski definition) is 4. The van der Waals surface area contributed by atoms with Gasteiger partial charge in [-0.1, -0.05) is 24.3 Å². The van der Waals surface area contributed by atoms with Gasteiger partial charge in [-0.15, -0.1) is 12.4 Å². The summed E-state index contributed by atoms with van der Waals surface area (Å²) < 4.78 is 46.2. The number of imide groups is 1. The summed E-state index contributed by atoms with van der Waals surface area (Å²) >= 11 is 0. The molecule has 1 saturated carbocycles. The molecule has 1 N–H and O–H groups in total. The van der Waals surface area contributed by atoms with Crippen molar-refractivity contribution in [1.29, 1.82) is 0 Å². The predicted molar refractivity (Wildman–Crippen MR) is 129 cm³/mol. The fraction of sp³-hybridized carbons (Fsp3) is 0.462. The van der Waals surface area contributed by atoms with Gasteiger partial charge in [0.2, 0.25) is 0 Å². The van der Waals surface area contributed by atoms with E-state index in [1.165, 1.54) is 12.1 Å². The summed E-state index contributed by atoms with van der Waals surface area (Å²) in [5.74, 6) is -1.94. The van der Waals surface area contributed by atoms with Crippen LogP contribution in [0.5, 0.6) is 0 Å². The molecule has 36 heavy (non-hydrogen) atoms. The maximum Gasteiger partial charge on any atom is 0.418 e. The average molecular weight is 524 g/mol. The molecule has 2 atom stereocenters. The maximum atomic E-state index is 14.2. The van der Waals surface area contributed by atoms with Gasteiger partial charge in [0.25, 0.3) is 0 Å². The molecule has 0 radical (unpaired) electrons. The summed E-state index contributed by atoms with van der Waals surface area (Å²) in [6.07, 6.45) is 3.73. The highest BCUT2D eigenvalue weighted by atomic mass is 35.5. The van der Waals surface area contributed by atoms with Crippen LogP contribution in [0.4, 0.5) is 22.8 Å². The zero-order chi connectivity index (χ0) is 24.5. The van der Waals surface area contributed by atoms with Crippen molar-refractivity contribution in [3.05, 3.63) is 71.0 Å². The Morgan fingerprint density at radius 2 is 1.69 bits per heavy atom. The normalized spacial score (nSPS) is 26.4. The van der Waals surface area contributed by atoms with Crippen LogP contribution in [0, 0.1) is 17.5 Å². The van der Waals surface area contributed by atoms with E-state index < -0.39 is 29.8 Å². The summed E-state index contributed by atoms with van der Waals surface area (Å²) in [4.78, 5) is 28.5. The standard InChI is InChI=1S/C26H28F3N3O3.ClH/c27-21-4-2-1-3-20(21)16-5-8-19(9-6-16)31-12-11-18(14-31)30-25(33)32-24(15-35-26(32)34)17-7-10-22(28)23(29)13-17;/h1-4,7,10,13,16,18-19,24H,5-6,8-9,11-12,14-15H2,(H,30,33);1H/t16-,18-,19-,24-;/m1./s1. The topological polar surface area (TPSA) is 61.9 Å². The Labute approximate surface area is 214 Å². The minimum atomic E-state index is -1.04. The van der Waals surface area contributed by atoms with E-state index in [2.05, 4.69) is 10.2 Å². The van der Waals surface area contributed by atoms with Crippen molar-refractivity contribution in [3.63, 3.8) is 0 Å². The Morgan fingerprint density at radius 1 is 0.944 bits per heavy atom. The van der Waals surface area contributed by atoms with Crippen LogP contribution >= 0.6 is 12.4 Å². The molecule has 5 rings (SSSR count). The number of halogens is 4. The molecule has 2 saturated heterocycles. The first-order valence-corrected chi connectivity index (χ1v) is 12.1. The zero-order valence-corrected chi connectivity index (χ0v) is 20.5. The van der Waals surface area contributed by atoms with Gasteiger partial charge in [-0.05, 0) is 67.3 Å². The van der Waals surface area contributed by atoms with Crippen LogP contribution in [0.2, 0.25) is 0 Å². The number of cyclic esters (lactones) is 1. The summed E-state index contributed by atoms with van der Waals surface area (Å²) in [5, 5.41) is 2.92. The Hall–Kier alpha value is -2.78. The number of likely N-dealkylation sites (tertiary alicyclic amines) is 1. The van der Waals surface area contributed by atoms with Gasteiger partial charge in [-0.2, -0.15) is 0 Å². The molecule has 0 spiro atoms. The molecule has 2 aliphatic heterocycles. The maximum absolute atomic E-state index is 14.2. The van der Waals surface area contributed by atoms with Crippen molar-refractivity contribution >= 4 is 24.5 Å². The summed E-state index contributed by atoms with van der Waals surface area (Å²) in [6.45, 7) is 1.38. The van der Waals surface area contributed by atoms with Crippen molar-refractivity contribution < 1.29 is 27.5 Å². The summed E-state index contributed by atoms with van der Waals surface area (Å²) in [7, 11) is 0. The fourth-order valence-electron chi connectivity index (χ4n) is 5.65. The smallest absolute Gasteiger partial charge is 0.418 e. The lowest BCUT2D eigenvalue weighted by Crippen LogP contribution is -2.47. The number of urea groups is 1. The number of carbonyl (C=O) groups excluding carboxylic acids is 2. The second-order valence-corrected chi connectivity index (χ2v) is 9.59. The number of carbonyl (C=O) groups is 2. The first-order chi connectivity index (χ1) is 16.9. The molecule has 3 aliphatic rings. The third kappa shape index (κ3) is 5.32. The van der Waals surface area contributed by atoms with Crippen molar-refractivity contribution in [2.24, 2.45) is 0 Å². The van der Waals surface area contributed by atoms with Crippen molar-refractivity contribution in [3.8, 4) is 0 Å². The Balaban J connectivity index is 0.00000304. The van der Waals surface area contributed by atoms with Gasteiger partial charge in [-0.3, -0.25) is 4.90 Å². The fourth-order valence-corrected chi connectivity index (χ4v) is 5.65. The van der Waals surface area contributed by atoms with Crippen molar-refractivity contribution in [2.75, 3.05) is 19.7 Å². The van der Waals surface area contributed by atoms with Gasteiger partial charge in [0.15, 0.2) is 11.6 Å². The van der Waals surface area contributed by atoms with E-state index in [1.54, 1.807) is 6.07 Å². The Bertz CT molecular complexity index is 1110. The van der Waals surface area contributed by atoms with Gasteiger partial charge >= 0.3 is 12.1 Å². The van der Waals surface area contributed by atoms with E-state index in [0.717, 1.165) is 61.2 Å². The van der Waals surface area contributed by atoms with E-state index in [1.807, 2.05) is 12.1 Å². The predicted octanol–water partition coefficient (Wildman–Crippen LogP) is 5.53. The third-order valence-corrected chi connectivity index (χ3v) is 7.53. The first-order valence-electron chi connectivity index (χ1n) is 12.1. The van der Waals surface area contributed by atoms with E-state index in [4.69, 9.17) is 4.74 Å². The Kier molecular flexibility index (Phi) is 8.10. The molecule has 3 fully saturated rings. The monoisotopic (exact) mass is 523 g/mol. The van der Waals surface area contributed by atoms with E-state index >= 15 is 0 Å². The molecular formula is C26H29ClF3N3O3. The van der Waals surface area contributed by atoms with Gasteiger partial charge in [0, 0.05) is 25.2 Å². The minimum Gasteiger partial charge on any atom is -0.446 e. The van der Waals surface area contributed by atoms with Gasteiger partial charge < -0.3 is 10.1 Å². The molecule has 0 aromatic heterocycles. The third-order valence-electron chi connectivity index (χ3n) is 7.53. The van der Waals surface area contributed by atoms with Gasteiger partial charge in [0.1, 0.15) is 18.5 Å². The number of rotatable bonds is 4. The quantitative estimate of drug-likeness (QED) is 0.572. The molecule has 6 nitrogen and oxygen atoms in total. The number of benzene rings is 2. The molecule has 1 aliphatic carbocycles. The molecule has 194 valence electrons. The highest BCUT2D eigenvalue weighted by Crippen LogP contribution is 2.37. The first kappa shape index (κ1) is 26.3. The zero-order valence-electron chi connectivity index (χ0n) is 19.7. The lowest BCUT2D eigenvalue weighted by atomic mass is 9.81.